The topological polar surface area (TPSA) is 42.0 Å². The maximum atomic E-state index is 11.2. The SMILES string of the molecule is CC(C)C(=O)Nc1cccnc1.[HH]. The van der Waals surface area contributed by atoms with E-state index in [1.807, 2.05) is 19.9 Å². The highest BCUT2D eigenvalue weighted by atomic mass is 16.1. The van der Waals surface area contributed by atoms with E-state index < -0.39 is 0 Å². The van der Waals surface area contributed by atoms with Crippen molar-refractivity contribution in [3.05, 3.63) is 24.5 Å². The molecule has 0 radical (unpaired) electrons. The molecule has 0 unspecified atom stereocenters. The highest BCUT2D eigenvalue weighted by Gasteiger charge is 2.05. The third-order valence-electron chi connectivity index (χ3n) is 1.45. The molecule has 0 saturated heterocycles. The lowest BCUT2D eigenvalue weighted by Gasteiger charge is -2.05. The maximum Gasteiger partial charge on any atom is 0.226 e. The second kappa shape index (κ2) is 3.85. The number of anilines is 1. The Morgan fingerprint density at radius 1 is 1.67 bits per heavy atom. The molecule has 12 heavy (non-hydrogen) atoms. The van der Waals surface area contributed by atoms with Gasteiger partial charge in [0.05, 0.1) is 11.9 Å². The Bertz CT molecular complexity index is 262. The van der Waals surface area contributed by atoms with E-state index in [2.05, 4.69) is 10.3 Å². The van der Waals surface area contributed by atoms with E-state index in [9.17, 15) is 4.79 Å². The minimum absolute atomic E-state index is 0. The van der Waals surface area contributed by atoms with Crippen LogP contribution in [0.25, 0.3) is 0 Å². The quantitative estimate of drug-likeness (QED) is 0.729. The Kier molecular flexibility index (Phi) is 2.80. The van der Waals surface area contributed by atoms with E-state index in [1.54, 1.807) is 18.5 Å². The summed E-state index contributed by atoms with van der Waals surface area (Å²) >= 11 is 0. The lowest BCUT2D eigenvalue weighted by molar-refractivity contribution is -0.118. The molecule has 66 valence electrons. The van der Waals surface area contributed by atoms with Gasteiger partial charge in [-0.2, -0.15) is 0 Å². The number of pyridine rings is 1. The molecule has 0 aromatic carbocycles. The fraction of sp³-hybridized carbons (Fsp3) is 0.333. The van der Waals surface area contributed by atoms with Crippen LogP contribution in [-0.4, -0.2) is 10.9 Å². The summed E-state index contributed by atoms with van der Waals surface area (Å²) in [5.41, 5.74) is 0.746. The second-order valence-electron chi connectivity index (χ2n) is 2.89. The summed E-state index contributed by atoms with van der Waals surface area (Å²) in [6, 6.07) is 3.60. The average molecular weight is 166 g/mol. The number of nitrogens with one attached hydrogen (secondary N) is 1. The van der Waals surface area contributed by atoms with Crippen LogP contribution in [0.4, 0.5) is 5.69 Å². The smallest absolute Gasteiger partial charge is 0.226 e. The minimum Gasteiger partial charge on any atom is -0.325 e. The third kappa shape index (κ3) is 2.34. The first kappa shape index (κ1) is 8.71. The van der Waals surface area contributed by atoms with Gasteiger partial charge in [-0.15, -0.1) is 0 Å². The summed E-state index contributed by atoms with van der Waals surface area (Å²) in [6.45, 7) is 3.71. The van der Waals surface area contributed by atoms with Crippen LogP contribution in [0.2, 0.25) is 0 Å². The number of amides is 1. The third-order valence-corrected chi connectivity index (χ3v) is 1.45. The van der Waals surface area contributed by atoms with Crippen LogP contribution < -0.4 is 5.32 Å². The highest BCUT2D eigenvalue weighted by Crippen LogP contribution is 2.04. The lowest BCUT2D eigenvalue weighted by Crippen LogP contribution is -2.17. The molecule has 1 aromatic heterocycles. The van der Waals surface area contributed by atoms with E-state index >= 15 is 0 Å². The van der Waals surface area contributed by atoms with E-state index in [4.69, 9.17) is 0 Å². The normalized spacial score (nSPS) is 9.92. The van der Waals surface area contributed by atoms with Crippen molar-refractivity contribution in [3.63, 3.8) is 0 Å². The van der Waals surface area contributed by atoms with Crippen LogP contribution in [0.5, 0.6) is 0 Å². The van der Waals surface area contributed by atoms with Crippen LogP contribution in [0.15, 0.2) is 24.5 Å². The molecule has 0 bridgehead atoms. The molecule has 0 saturated carbocycles. The fourth-order valence-corrected chi connectivity index (χ4v) is 0.723. The number of carbonyl (C=O) groups is 1. The van der Waals surface area contributed by atoms with Gasteiger partial charge in [0.1, 0.15) is 0 Å². The molecule has 3 heteroatoms. The first-order valence-corrected chi connectivity index (χ1v) is 3.91. The summed E-state index contributed by atoms with van der Waals surface area (Å²) in [6.07, 6.45) is 3.30. The molecule has 1 rings (SSSR count). The van der Waals surface area contributed by atoms with E-state index in [-0.39, 0.29) is 13.3 Å². The predicted molar refractivity (Wildman–Crippen MR) is 49.8 cm³/mol. The van der Waals surface area contributed by atoms with Gasteiger partial charge in [0, 0.05) is 13.5 Å². The summed E-state index contributed by atoms with van der Waals surface area (Å²) in [7, 11) is 0. The summed E-state index contributed by atoms with van der Waals surface area (Å²) < 4.78 is 0. The molecular formula is C9H14N2O. The van der Waals surface area contributed by atoms with E-state index in [0.717, 1.165) is 5.69 Å². The molecule has 0 fully saturated rings. The summed E-state index contributed by atoms with van der Waals surface area (Å²) in [5, 5.41) is 2.74. The van der Waals surface area contributed by atoms with Crippen molar-refractivity contribution in [1.29, 1.82) is 0 Å². The first-order valence-electron chi connectivity index (χ1n) is 3.91. The van der Waals surface area contributed by atoms with Gasteiger partial charge in [-0.1, -0.05) is 13.8 Å². The maximum absolute atomic E-state index is 11.2. The standard InChI is InChI=1S/C9H12N2O.H2/c1-7(2)9(12)11-8-4-3-5-10-6-8;/h3-7H,1-2H3,(H,11,12);1H. The molecule has 0 atom stereocenters. The largest absolute Gasteiger partial charge is 0.325 e. The number of hydrogen-bond acceptors (Lipinski definition) is 2. The van der Waals surface area contributed by atoms with Gasteiger partial charge in [0.15, 0.2) is 0 Å². The first-order chi connectivity index (χ1) is 5.70. The molecule has 0 aliphatic carbocycles. The van der Waals surface area contributed by atoms with Crippen LogP contribution in [0.1, 0.15) is 15.3 Å². The van der Waals surface area contributed by atoms with Gasteiger partial charge in [-0.25, -0.2) is 0 Å². The zero-order valence-electron chi connectivity index (χ0n) is 7.24. The van der Waals surface area contributed by atoms with Crippen molar-refractivity contribution in [1.82, 2.24) is 4.98 Å². The van der Waals surface area contributed by atoms with Crippen molar-refractivity contribution in [3.8, 4) is 0 Å². The molecule has 1 heterocycles. The Morgan fingerprint density at radius 2 is 2.42 bits per heavy atom. The number of rotatable bonds is 2. The zero-order valence-corrected chi connectivity index (χ0v) is 7.24. The number of hydrogen-bond donors (Lipinski definition) is 1. The molecule has 1 N–H and O–H groups in total. The molecule has 0 spiro atoms. The Hall–Kier alpha value is -1.38. The summed E-state index contributed by atoms with van der Waals surface area (Å²) in [4.78, 5) is 15.1. The number of aromatic nitrogens is 1. The van der Waals surface area contributed by atoms with Crippen LogP contribution in [0, 0.1) is 5.92 Å². The zero-order chi connectivity index (χ0) is 8.97. The van der Waals surface area contributed by atoms with Crippen LogP contribution in [0.3, 0.4) is 0 Å². The number of carbonyl (C=O) groups excluding carboxylic acids is 1. The van der Waals surface area contributed by atoms with Crippen molar-refractivity contribution < 1.29 is 6.22 Å². The van der Waals surface area contributed by atoms with Crippen LogP contribution >= 0.6 is 0 Å². The van der Waals surface area contributed by atoms with Gasteiger partial charge in [0.25, 0.3) is 0 Å². The van der Waals surface area contributed by atoms with Gasteiger partial charge in [-0.3, -0.25) is 9.78 Å². The summed E-state index contributed by atoms with van der Waals surface area (Å²) in [5.74, 6) is 0.0215. The molecule has 0 aliphatic rings. The van der Waals surface area contributed by atoms with Crippen molar-refractivity contribution in [2.75, 3.05) is 5.32 Å². The number of nitrogens with zero attached hydrogens (tertiary/aromatic N) is 1. The molecule has 1 amide bonds. The Balaban J connectivity index is 0.00000144. The van der Waals surface area contributed by atoms with Crippen LogP contribution in [-0.2, 0) is 4.79 Å². The molecule has 1 aromatic rings. The Morgan fingerprint density at radius 3 is 2.92 bits per heavy atom. The van der Waals surface area contributed by atoms with Gasteiger partial charge < -0.3 is 5.32 Å². The molecule has 3 nitrogen and oxygen atoms in total. The highest BCUT2D eigenvalue weighted by molar-refractivity contribution is 5.91. The monoisotopic (exact) mass is 166 g/mol. The Labute approximate surface area is 73.3 Å². The average Bonchev–Trinajstić information content (AvgIpc) is 2.06. The van der Waals surface area contributed by atoms with Crippen molar-refractivity contribution in [2.45, 2.75) is 13.8 Å². The minimum atomic E-state index is 0. The van der Waals surface area contributed by atoms with Gasteiger partial charge in [-0.05, 0) is 12.1 Å². The molecular weight excluding hydrogens is 152 g/mol. The van der Waals surface area contributed by atoms with Gasteiger partial charge in [0.2, 0.25) is 5.91 Å². The fourth-order valence-electron chi connectivity index (χ4n) is 0.723. The molecule has 0 aliphatic heterocycles. The van der Waals surface area contributed by atoms with E-state index in [1.165, 1.54) is 0 Å². The van der Waals surface area contributed by atoms with Gasteiger partial charge >= 0.3 is 0 Å². The van der Waals surface area contributed by atoms with E-state index in [0.29, 0.717) is 0 Å². The lowest BCUT2D eigenvalue weighted by atomic mass is 10.2. The second-order valence-corrected chi connectivity index (χ2v) is 2.89. The predicted octanol–water partition coefficient (Wildman–Crippen LogP) is 1.92. The van der Waals surface area contributed by atoms with Crippen molar-refractivity contribution in [2.24, 2.45) is 5.92 Å². The van der Waals surface area contributed by atoms with Crippen molar-refractivity contribution >= 4 is 11.6 Å².